The van der Waals surface area contributed by atoms with Crippen LogP contribution in [0.5, 0.6) is 0 Å². The summed E-state index contributed by atoms with van der Waals surface area (Å²) < 4.78 is 27.7. The van der Waals surface area contributed by atoms with Crippen molar-refractivity contribution in [1.29, 1.82) is 0 Å². The summed E-state index contributed by atoms with van der Waals surface area (Å²) in [4.78, 5) is 11.3. The van der Waals surface area contributed by atoms with Crippen molar-refractivity contribution in [1.82, 2.24) is 4.31 Å². The van der Waals surface area contributed by atoms with Gasteiger partial charge < -0.3 is 0 Å². The van der Waals surface area contributed by atoms with Gasteiger partial charge in [0.2, 0.25) is 0 Å². The first-order valence-electron chi connectivity index (χ1n) is 6.28. The number of hydrogen-bond donors (Lipinski definition) is 0. The third kappa shape index (κ3) is 3.44. The number of halogens is 2. The summed E-state index contributed by atoms with van der Waals surface area (Å²) in [5, 5.41) is 0.397. The van der Waals surface area contributed by atoms with E-state index in [0.717, 1.165) is 30.6 Å². The van der Waals surface area contributed by atoms with Crippen LogP contribution in [0.1, 0.15) is 32.6 Å². The van der Waals surface area contributed by atoms with Crippen molar-refractivity contribution < 1.29 is 13.2 Å². The van der Waals surface area contributed by atoms with Crippen LogP contribution in [-0.4, -0.2) is 31.1 Å². The van der Waals surface area contributed by atoms with Crippen molar-refractivity contribution in [3.8, 4) is 0 Å². The van der Waals surface area contributed by atoms with Crippen LogP contribution < -0.4 is 0 Å². The van der Waals surface area contributed by atoms with Gasteiger partial charge in [-0.2, -0.15) is 4.31 Å². The Balaban J connectivity index is 2.32. The van der Waals surface area contributed by atoms with E-state index in [1.807, 2.05) is 0 Å². The van der Waals surface area contributed by atoms with Gasteiger partial charge in [-0.3, -0.25) is 4.79 Å². The Labute approximate surface area is 136 Å². The molecule has 1 unspecified atom stereocenters. The number of carbonyl (C=O) groups excluding carboxylic acids is 1. The number of sulfonamides is 1. The number of Topliss-reactive ketones (excluding diaryl/α,β-unsaturated/α-hetero) is 1. The number of nitrogens with zero attached hydrogens (tertiary/aromatic N) is 1. The largest absolute Gasteiger partial charge is 0.300 e. The summed E-state index contributed by atoms with van der Waals surface area (Å²) in [6, 6.07) is 1.23. The molecule has 0 bridgehead atoms. The second-order valence-electron chi connectivity index (χ2n) is 4.86. The maximum Gasteiger partial charge on any atom is 0.252 e. The normalized spacial score (nSPS) is 21.1. The first kappa shape index (κ1) is 16.4. The lowest BCUT2D eigenvalue weighted by atomic mass is 10.0. The van der Waals surface area contributed by atoms with Gasteiger partial charge in [-0.1, -0.05) is 18.0 Å². The number of piperidine rings is 1. The van der Waals surface area contributed by atoms with Gasteiger partial charge in [-0.05, 0) is 41.8 Å². The Morgan fingerprint density at radius 1 is 1.55 bits per heavy atom. The molecule has 1 aromatic rings. The summed E-state index contributed by atoms with van der Waals surface area (Å²) in [5.74, 6) is 0.0162. The molecule has 0 aromatic carbocycles. The number of ketones is 1. The molecule has 1 aromatic heterocycles. The van der Waals surface area contributed by atoms with Crippen LogP contribution in [0, 0.1) is 0 Å². The van der Waals surface area contributed by atoms with Gasteiger partial charge in [-0.15, -0.1) is 11.3 Å². The van der Waals surface area contributed by atoms with E-state index in [-0.39, 0.29) is 22.5 Å². The van der Waals surface area contributed by atoms with E-state index in [1.54, 1.807) is 0 Å². The van der Waals surface area contributed by atoms with Gasteiger partial charge >= 0.3 is 0 Å². The summed E-state index contributed by atoms with van der Waals surface area (Å²) in [7, 11) is -3.57. The van der Waals surface area contributed by atoms with E-state index in [0.29, 0.717) is 15.4 Å². The monoisotopic (exact) mass is 399 g/mol. The van der Waals surface area contributed by atoms with Crippen molar-refractivity contribution in [3.05, 3.63) is 14.9 Å². The third-order valence-electron chi connectivity index (χ3n) is 3.28. The molecule has 20 heavy (non-hydrogen) atoms. The van der Waals surface area contributed by atoms with E-state index in [9.17, 15) is 13.2 Å². The van der Waals surface area contributed by atoms with Crippen LogP contribution in [0.2, 0.25) is 5.02 Å². The zero-order valence-corrected chi connectivity index (χ0v) is 14.9. The second kappa shape index (κ2) is 6.44. The van der Waals surface area contributed by atoms with Crippen LogP contribution in [0.4, 0.5) is 0 Å². The predicted molar refractivity (Wildman–Crippen MR) is 83.9 cm³/mol. The molecule has 0 saturated carbocycles. The Morgan fingerprint density at radius 2 is 2.25 bits per heavy atom. The smallest absolute Gasteiger partial charge is 0.252 e. The first-order valence-corrected chi connectivity index (χ1v) is 9.71. The molecule has 0 N–H and O–H groups in total. The van der Waals surface area contributed by atoms with E-state index in [4.69, 9.17) is 11.6 Å². The average Bonchev–Trinajstić information content (AvgIpc) is 2.70. The van der Waals surface area contributed by atoms with Crippen molar-refractivity contribution in [2.45, 2.75) is 42.9 Å². The maximum absolute atomic E-state index is 12.7. The minimum Gasteiger partial charge on any atom is -0.300 e. The molecule has 8 heteroatoms. The highest BCUT2D eigenvalue weighted by Crippen LogP contribution is 2.37. The molecule has 0 amide bonds. The molecular weight excluding hydrogens is 386 g/mol. The lowest BCUT2D eigenvalue weighted by Crippen LogP contribution is -2.44. The minimum absolute atomic E-state index is 0.0162. The highest BCUT2D eigenvalue weighted by Gasteiger charge is 2.35. The first-order chi connectivity index (χ1) is 9.32. The molecule has 1 aliphatic rings. The lowest BCUT2D eigenvalue weighted by Gasteiger charge is -2.33. The zero-order chi connectivity index (χ0) is 14.9. The fourth-order valence-corrected chi connectivity index (χ4v) is 6.62. The second-order valence-corrected chi connectivity index (χ2v) is 9.75. The van der Waals surface area contributed by atoms with Gasteiger partial charge in [-0.25, -0.2) is 8.42 Å². The SMILES string of the molecule is CC(=O)CC1CCCCN1S(=O)(=O)c1cc(Cl)c(Br)s1. The Morgan fingerprint density at radius 3 is 2.80 bits per heavy atom. The number of hydrogen-bond acceptors (Lipinski definition) is 4. The quantitative estimate of drug-likeness (QED) is 0.774. The van der Waals surface area contributed by atoms with E-state index in [2.05, 4.69) is 15.9 Å². The van der Waals surface area contributed by atoms with E-state index >= 15 is 0 Å². The number of thiophene rings is 1. The fourth-order valence-electron chi connectivity index (χ4n) is 2.40. The number of rotatable bonds is 4. The summed E-state index contributed by atoms with van der Waals surface area (Å²) >= 11 is 10.3. The van der Waals surface area contributed by atoms with Crippen LogP contribution >= 0.6 is 38.9 Å². The lowest BCUT2D eigenvalue weighted by molar-refractivity contribution is -0.118. The molecule has 112 valence electrons. The predicted octanol–water partition coefficient (Wildman–Crippen LogP) is 3.69. The highest BCUT2D eigenvalue weighted by molar-refractivity contribution is 9.11. The van der Waals surface area contributed by atoms with Gasteiger partial charge in [0.1, 0.15) is 9.99 Å². The summed E-state index contributed by atoms with van der Waals surface area (Å²) in [5.41, 5.74) is 0. The average molecular weight is 401 g/mol. The Hall–Kier alpha value is 0.0500. The van der Waals surface area contributed by atoms with Crippen molar-refractivity contribution in [2.24, 2.45) is 0 Å². The van der Waals surface area contributed by atoms with E-state index < -0.39 is 10.0 Å². The van der Waals surface area contributed by atoms with Crippen molar-refractivity contribution in [3.63, 3.8) is 0 Å². The van der Waals surface area contributed by atoms with Gasteiger partial charge in [0, 0.05) is 19.0 Å². The van der Waals surface area contributed by atoms with Gasteiger partial charge in [0.25, 0.3) is 10.0 Å². The summed E-state index contributed by atoms with van der Waals surface area (Å²) in [6.45, 7) is 1.96. The molecule has 0 aliphatic carbocycles. The van der Waals surface area contributed by atoms with Gasteiger partial charge in [0.15, 0.2) is 0 Å². The van der Waals surface area contributed by atoms with E-state index in [1.165, 1.54) is 17.3 Å². The molecule has 1 aliphatic heterocycles. The molecule has 1 fully saturated rings. The van der Waals surface area contributed by atoms with Crippen LogP contribution in [0.3, 0.4) is 0 Å². The van der Waals surface area contributed by atoms with Crippen LogP contribution in [-0.2, 0) is 14.8 Å². The molecule has 0 spiro atoms. The molecular formula is C12H15BrClNO3S2. The van der Waals surface area contributed by atoms with Crippen LogP contribution in [0.15, 0.2) is 14.1 Å². The molecule has 0 radical (unpaired) electrons. The van der Waals surface area contributed by atoms with Crippen molar-refractivity contribution >= 4 is 54.7 Å². The Bertz CT molecular complexity index is 595. The molecule has 2 heterocycles. The summed E-state index contributed by atoms with van der Waals surface area (Å²) in [6.07, 6.45) is 2.80. The molecule has 1 atom stereocenters. The fraction of sp³-hybridized carbons (Fsp3) is 0.583. The number of carbonyl (C=O) groups is 1. The zero-order valence-electron chi connectivity index (χ0n) is 10.9. The highest BCUT2D eigenvalue weighted by atomic mass is 79.9. The third-order valence-corrected chi connectivity index (χ3v) is 8.16. The van der Waals surface area contributed by atoms with Crippen molar-refractivity contribution in [2.75, 3.05) is 6.54 Å². The topological polar surface area (TPSA) is 54.5 Å². The molecule has 4 nitrogen and oxygen atoms in total. The molecule has 2 rings (SSSR count). The van der Waals surface area contributed by atoms with Gasteiger partial charge in [0.05, 0.1) is 8.81 Å². The minimum atomic E-state index is -3.57. The maximum atomic E-state index is 12.7. The standard InChI is InChI=1S/C12H15BrClNO3S2/c1-8(16)6-9-4-2-3-5-15(9)20(17,18)11-7-10(14)12(13)19-11/h7,9H,2-6H2,1H3. The van der Waals surface area contributed by atoms with Crippen LogP contribution in [0.25, 0.3) is 0 Å². The molecule has 1 saturated heterocycles. The Kier molecular flexibility index (Phi) is 5.29.